The number of fused-ring (bicyclic) bond motifs is 2. The number of carbonyl (C=O) groups excluding carboxylic acids is 15. The van der Waals surface area contributed by atoms with Crippen molar-refractivity contribution in [3.63, 3.8) is 0 Å². The fourth-order valence-corrected chi connectivity index (χ4v) is 19.4. The van der Waals surface area contributed by atoms with Gasteiger partial charge in [0.2, 0.25) is 83.2 Å². The third-order valence-electron chi connectivity index (χ3n) is 25.7. The van der Waals surface area contributed by atoms with Gasteiger partial charge in [-0.15, -0.1) is 11.3 Å². The van der Waals surface area contributed by atoms with Crippen molar-refractivity contribution in [1.29, 1.82) is 0 Å². The molecule has 4 aliphatic heterocycles. The van der Waals surface area contributed by atoms with E-state index < -0.39 is 216 Å². The molecule has 2 fully saturated rings. The highest BCUT2D eigenvalue weighted by Gasteiger charge is 2.55. The number of benzene rings is 3. The molecular weight excluding hydrogens is 1860 g/mol. The number of nitrogens with zero attached hydrogens (tertiary/aromatic N) is 2. The number of amides is 15. The number of rotatable bonds is 30. The van der Waals surface area contributed by atoms with E-state index in [4.69, 9.17) is 10.5 Å². The number of carboxylic acid groups (broad SMARTS) is 3. The minimum Gasteiger partial charge on any atom is -0.481 e. The van der Waals surface area contributed by atoms with E-state index in [-0.39, 0.29) is 114 Å². The van der Waals surface area contributed by atoms with Crippen LogP contribution < -0.4 is 85.5 Å². The number of likely N-dealkylation sites (tertiary alicyclic amines) is 1. The fourth-order valence-electron chi connectivity index (χ4n) is 17.8. The zero-order valence-electron chi connectivity index (χ0n) is 79.7. The van der Waals surface area contributed by atoms with Crippen LogP contribution in [0.3, 0.4) is 0 Å². The molecule has 6 heterocycles. The number of ether oxygens (including phenoxy) is 1. The first-order valence-corrected chi connectivity index (χ1v) is 49.3. The van der Waals surface area contributed by atoms with E-state index in [1.54, 1.807) is 58.1 Å². The minimum atomic E-state index is -1.99. The average Bonchev–Trinajstić information content (AvgIpc) is 1.56. The number of aliphatic hydroxyl groups excluding tert-OH is 1. The number of nitrogens with one attached hydrogen (secondary N) is 15. The number of hydrogen-bond donors (Lipinski definition) is 20. The second-order valence-electron chi connectivity index (χ2n) is 37.1. The zero-order valence-corrected chi connectivity index (χ0v) is 81.3. The van der Waals surface area contributed by atoms with Crippen LogP contribution in [0.15, 0.2) is 137 Å². The van der Waals surface area contributed by atoms with Gasteiger partial charge < -0.3 is 115 Å². The summed E-state index contributed by atoms with van der Waals surface area (Å²) < 4.78 is 6.65. The number of aromatic carboxylic acids is 1. The maximum absolute atomic E-state index is 15.1. The van der Waals surface area contributed by atoms with Crippen LogP contribution in [-0.4, -0.2) is 279 Å². The van der Waals surface area contributed by atoms with Gasteiger partial charge in [-0.2, -0.15) is 11.3 Å². The van der Waals surface area contributed by atoms with Gasteiger partial charge in [0.05, 0.1) is 61.3 Å². The number of carboxylic acids is 3. The standard InChI is InChI=1S/C98H130N18O23S2/c1-59(82(99)125)105-85(128)70(108-89(132)76(47-66-54-141-77-31-16-15-29-68(66)77)111-86(129)71(104-58-117)46-64-34-42-140-53-64)32-33-78(119)100-39-21-17-30-69-90(133)114-98-50-67(98)52-115(57-98)94(138)139-41-22-11-7-6-8-18-35-96(36-19-9-10-20-37-97(38-24-40-116(97)61(3)118)56-103-72(48-80(121)122)84(127)101-51-79(120)112-96)55-102-73(49-81(123)124)87(130)110-75(45-63-27-23-28-65(43-63)92(135)136)91(134)113-95(4,5)93(137)106-60(2)83(126)109-74(88(131)107-69)44-62-25-13-12-14-26-62/h6-7,10,12-16,20,23,25-29,31,34,42-43,50,53-54,58-60,69-76,79,102-103,112,120H,8-9,11,17-19,21-22,24,30,32-33,35-41,44-49,51-52,55-57H2,1-5H3,(H2,99,125)(H,100,119)(H,101,127)(H,104,117)(H,105,128)(H,106,137)(H,107,131)(H,108,132)(H,109,126)(H,110,130)(H,111,129)(H,113,134)(H,114,133)(H,121,122)(H,123,124)(H,135,136)/b7-6-,20-10+/t59-,60-,69-,70-,71-,72-,73-,74-,75-,76-,79?,96+,97-,98-/m0/s1. The maximum Gasteiger partial charge on any atom is 0.410 e. The minimum absolute atomic E-state index is 0.0259. The molecule has 141 heavy (non-hydrogen) atoms. The molecular formula is C98H130N18O23S2. The number of hydrogen-bond acceptors (Lipinski definition) is 25. The molecule has 1 aliphatic carbocycles. The molecule has 762 valence electrons. The molecule has 1 unspecified atom stereocenters. The lowest BCUT2D eigenvalue weighted by molar-refractivity contribution is -0.141. The van der Waals surface area contributed by atoms with Crippen LogP contribution in [0.4, 0.5) is 4.79 Å². The Morgan fingerprint density at radius 1 is 0.645 bits per heavy atom. The van der Waals surface area contributed by atoms with E-state index >= 15 is 19.2 Å². The summed E-state index contributed by atoms with van der Waals surface area (Å²) in [6, 6.07) is 8.78. The van der Waals surface area contributed by atoms with Gasteiger partial charge in [-0.1, -0.05) is 85.0 Å². The van der Waals surface area contributed by atoms with E-state index in [1.807, 2.05) is 53.9 Å². The smallest absolute Gasteiger partial charge is 0.410 e. The number of thiophene rings is 2. The topological polar surface area (TPSA) is 610 Å². The third-order valence-corrected chi connectivity index (χ3v) is 27.4. The largest absolute Gasteiger partial charge is 0.481 e. The average molecular weight is 1990 g/mol. The second kappa shape index (κ2) is 52.2. The van der Waals surface area contributed by atoms with Crippen LogP contribution >= 0.6 is 22.7 Å². The Labute approximate surface area is 824 Å². The summed E-state index contributed by atoms with van der Waals surface area (Å²) in [6.45, 7) is 6.36. The lowest BCUT2D eigenvalue weighted by Gasteiger charge is -2.40. The van der Waals surface area contributed by atoms with Gasteiger partial charge >= 0.3 is 24.0 Å². The molecule has 14 atom stereocenters. The molecule has 2 saturated heterocycles. The van der Waals surface area contributed by atoms with Crippen molar-refractivity contribution >= 4 is 140 Å². The van der Waals surface area contributed by atoms with Crippen molar-refractivity contribution in [3.05, 3.63) is 165 Å². The summed E-state index contributed by atoms with van der Waals surface area (Å²) in [6.07, 6.45) is 9.17. The molecule has 15 amide bonds. The number of cyclic esters (lactones) is 1. The molecule has 5 aliphatic rings. The normalized spacial score (nSPS) is 24.9. The van der Waals surface area contributed by atoms with E-state index in [9.17, 15) is 87.5 Å². The number of primary amides is 1. The van der Waals surface area contributed by atoms with Crippen molar-refractivity contribution < 1.29 is 111 Å². The first-order chi connectivity index (χ1) is 67.3. The van der Waals surface area contributed by atoms with E-state index in [0.717, 1.165) is 15.6 Å². The molecule has 41 nitrogen and oxygen atoms in total. The molecule has 2 bridgehead atoms. The van der Waals surface area contributed by atoms with Gasteiger partial charge in [-0.05, 0) is 204 Å². The molecule has 5 aromatic rings. The summed E-state index contributed by atoms with van der Waals surface area (Å²) in [5.41, 5.74) is 2.93. The lowest BCUT2D eigenvalue weighted by atomic mass is 9.85. The van der Waals surface area contributed by atoms with Crippen LogP contribution in [0, 0.1) is 0 Å². The fraction of sp³-hybridized carbons (Fsp3) is 0.510. The lowest BCUT2D eigenvalue weighted by Crippen LogP contribution is -2.64. The van der Waals surface area contributed by atoms with E-state index in [0.29, 0.717) is 87.4 Å². The molecule has 0 saturated carbocycles. The number of aliphatic hydroxyl groups is 1. The molecule has 0 radical (unpaired) electrons. The predicted molar refractivity (Wildman–Crippen MR) is 520 cm³/mol. The van der Waals surface area contributed by atoms with E-state index in [1.165, 1.54) is 86.5 Å². The zero-order chi connectivity index (χ0) is 102. The molecule has 43 heteroatoms. The van der Waals surface area contributed by atoms with Gasteiger partial charge in [-0.25, -0.2) is 9.59 Å². The van der Waals surface area contributed by atoms with Crippen molar-refractivity contribution in [2.75, 3.05) is 52.4 Å². The monoisotopic (exact) mass is 1990 g/mol. The highest BCUT2D eigenvalue weighted by molar-refractivity contribution is 7.17. The van der Waals surface area contributed by atoms with Gasteiger partial charge in [-0.3, -0.25) is 82.0 Å². The molecule has 3 spiro atoms. The first kappa shape index (κ1) is 110. The highest BCUT2D eigenvalue weighted by Crippen LogP contribution is 2.42. The van der Waals surface area contributed by atoms with Crippen molar-refractivity contribution in [1.82, 2.24) is 89.6 Å². The number of unbranched alkanes of at least 4 members (excludes halogenated alkanes) is 1. The van der Waals surface area contributed by atoms with Gasteiger partial charge in [0.25, 0.3) is 0 Å². The second-order valence-corrected chi connectivity index (χ2v) is 38.8. The van der Waals surface area contributed by atoms with Crippen molar-refractivity contribution in [2.24, 2.45) is 5.73 Å². The van der Waals surface area contributed by atoms with Gasteiger partial charge in [0.15, 0.2) is 0 Å². The van der Waals surface area contributed by atoms with Crippen molar-refractivity contribution in [2.45, 2.75) is 265 Å². The SMILES string of the molecule is CC(=O)N1CCC[C@]12C/C=C/CCC[C@@]1(CCC/C=C\CCCOC(=O)N3CC4=C[C@@]4(C3)NC(=O)[C@H](CCCCNC(=O)CC[C@H](NC(=O)[C@H](Cc3csc4ccccc34)NC(=O)[C@H](Cc3ccsc3)NC=O)C(=O)N[C@@H](C)C(N)=O)NC(=O)[C@H](Cc3ccccc3)NC(=O)[C@H](C)NC(=O)C(C)(C)NC(=O)[C@H](Cc3cccc(C(=O)O)c3)NC(=O)[C@H](CC(=O)O)NC1)NC(O)CNC(=O)[C@H](CC(=O)O)NC2. The molecule has 2 aromatic heterocycles. The quantitative estimate of drug-likeness (QED) is 0.0177. The Bertz CT molecular complexity index is 5400. The van der Waals surface area contributed by atoms with Gasteiger partial charge in [0.1, 0.15) is 60.1 Å². The third kappa shape index (κ3) is 32.9. The van der Waals surface area contributed by atoms with Gasteiger partial charge in [0, 0.05) is 82.0 Å². The summed E-state index contributed by atoms with van der Waals surface area (Å²) in [4.78, 5) is 252. The Morgan fingerprint density at radius 2 is 1.28 bits per heavy atom. The Kier molecular flexibility index (Phi) is 40.6. The van der Waals surface area contributed by atoms with Crippen molar-refractivity contribution in [3.8, 4) is 0 Å². The van der Waals surface area contributed by atoms with Crippen LogP contribution in [0.2, 0.25) is 0 Å². The first-order valence-electron chi connectivity index (χ1n) is 47.5. The maximum atomic E-state index is 15.1. The Hall–Kier alpha value is -13.4. The summed E-state index contributed by atoms with van der Waals surface area (Å²) in [7, 11) is 0. The number of nitrogens with two attached hydrogens (primary N) is 1. The predicted octanol–water partition coefficient (Wildman–Crippen LogP) is 1.83. The molecule has 3 aromatic carbocycles. The molecule has 10 rings (SSSR count). The Balaban J connectivity index is 0.881. The summed E-state index contributed by atoms with van der Waals surface area (Å²) in [5.74, 6) is -14.6. The number of aliphatic carboxylic acids is 2. The number of allylic oxidation sites excluding steroid dienone is 3. The number of β-amino-alcohol motifs (C(OH)–C–C–N with tert-alkyl or cyclic N) is 1. The summed E-state index contributed by atoms with van der Waals surface area (Å²) in [5, 5.41) is 90.7. The summed E-state index contributed by atoms with van der Waals surface area (Å²) >= 11 is 2.79. The van der Waals surface area contributed by atoms with Crippen LogP contribution in [0.5, 0.6) is 0 Å². The molecule has 21 N–H and O–H groups in total. The number of carbonyl (C=O) groups is 18. The van der Waals surface area contributed by atoms with Crippen LogP contribution in [-0.2, 0) is 107 Å². The van der Waals surface area contributed by atoms with Crippen LogP contribution in [0.1, 0.15) is 183 Å². The van der Waals surface area contributed by atoms with Crippen LogP contribution in [0.25, 0.3) is 10.1 Å². The van der Waals surface area contributed by atoms with E-state index in [2.05, 4.69) is 79.8 Å². The highest BCUT2D eigenvalue weighted by atomic mass is 32.1. The Morgan fingerprint density at radius 3 is 1.97 bits per heavy atom.